The van der Waals surface area contributed by atoms with Crippen molar-refractivity contribution in [2.75, 3.05) is 0 Å². The second-order valence-corrected chi connectivity index (χ2v) is 5.02. The Hall–Kier alpha value is -0.633. The summed E-state index contributed by atoms with van der Waals surface area (Å²) in [6.45, 7) is 4.17. The first-order chi connectivity index (χ1) is 4.72. The van der Waals surface area contributed by atoms with Gasteiger partial charge in [-0.25, -0.2) is 4.39 Å². The first kappa shape index (κ1) is 7.47. The molecular formula is C8H10FSi. The highest BCUT2D eigenvalue weighted by Gasteiger charge is 2.04. The molecule has 0 N–H and O–H groups in total. The molecule has 10 heavy (non-hydrogen) atoms. The summed E-state index contributed by atoms with van der Waals surface area (Å²) in [5, 5.41) is 0.896. The van der Waals surface area contributed by atoms with Gasteiger partial charge in [-0.05, 0) is 11.3 Å². The third kappa shape index (κ3) is 1.45. The first-order valence-corrected chi connectivity index (χ1v) is 5.77. The summed E-state index contributed by atoms with van der Waals surface area (Å²) in [5.41, 5.74) is 0. The predicted octanol–water partition coefficient (Wildman–Crippen LogP) is 1.79. The van der Waals surface area contributed by atoms with Gasteiger partial charge in [-0.2, -0.15) is 0 Å². The molecule has 0 nitrogen and oxygen atoms in total. The van der Waals surface area contributed by atoms with Gasteiger partial charge in [0.25, 0.3) is 0 Å². The van der Waals surface area contributed by atoms with Gasteiger partial charge >= 0.3 is 0 Å². The lowest BCUT2D eigenvalue weighted by Crippen LogP contribution is -2.25. The molecule has 0 saturated heterocycles. The Bertz CT molecular complexity index is 220. The van der Waals surface area contributed by atoms with E-state index in [1.165, 1.54) is 6.07 Å². The van der Waals surface area contributed by atoms with E-state index in [9.17, 15) is 4.39 Å². The standard InChI is InChI=1S/C8H10FSi/c1-10(2)8-6-4-3-5-7(8)9/h3-6H,1-2H3. The minimum atomic E-state index is -0.617. The molecule has 0 fully saturated rings. The van der Waals surface area contributed by atoms with Crippen molar-refractivity contribution in [3.8, 4) is 0 Å². The molecule has 0 aliphatic rings. The molecule has 1 aromatic rings. The van der Waals surface area contributed by atoms with Gasteiger partial charge in [-0.1, -0.05) is 31.3 Å². The quantitative estimate of drug-likeness (QED) is 0.540. The Labute approximate surface area is 62.3 Å². The van der Waals surface area contributed by atoms with E-state index in [-0.39, 0.29) is 5.82 Å². The smallest absolute Gasteiger partial charge is 0.122 e. The Balaban J connectivity index is 3.03. The zero-order chi connectivity index (χ0) is 7.56. The molecule has 1 rings (SSSR count). The van der Waals surface area contributed by atoms with Gasteiger partial charge in [0.05, 0.1) is 8.80 Å². The van der Waals surface area contributed by atoms with E-state index < -0.39 is 8.80 Å². The van der Waals surface area contributed by atoms with Crippen LogP contribution in [0, 0.1) is 5.82 Å². The summed E-state index contributed by atoms with van der Waals surface area (Å²) in [6.07, 6.45) is 0. The van der Waals surface area contributed by atoms with Crippen molar-refractivity contribution < 1.29 is 4.39 Å². The monoisotopic (exact) mass is 153 g/mol. The lowest BCUT2D eigenvalue weighted by atomic mass is 10.3. The van der Waals surface area contributed by atoms with Gasteiger partial charge in [0.1, 0.15) is 5.82 Å². The van der Waals surface area contributed by atoms with Crippen LogP contribution in [0.1, 0.15) is 0 Å². The van der Waals surface area contributed by atoms with Gasteiger partial charge in [-0.3, -0.25) is 0 Å². The van der Waals surface area contributed by atoms with Gasteiger partial charge < -0.3 is 0 Å². The van der Waals surface area contributed by atoms with Crippen molar-refractivity contribution in [3.05, 3.63) is 30.1 Å². The summed E-state index contributed by atoms with van der Waals surface area (Å²) in [7, 11) is -0.617. The zero-order valence-corrected chi connectivity index (χ0v) is 7.19. The molecular weight excluding hydrogens is 143 g/mol. The van der Waals surface area contributed by atoms with E-state index in [0.29, 0.717) is 0 Å². The summed E-state index contributed by atoms with van der Waals surface area (Å²) in [4.78, 5) is 0. The van der Waals surface area contributed by atoms with Crippen molar-refractivity contribution >= 4 is 14.0 Å². The second-order valence-electron chi connectivity index (χ2n) is 2.48. The van der Waals surface area contributed by atoms with Crippen molar-refractivity contribution in [1.82, 2.24) is 0 Å². The molecule has 0 unspecified atom stereocenters. The Morgan fingerprint density at radius 2 is 1.80 bits per heavy atom. The van der Waals surface area contributed by atoms with Gasteiger partial charge in [0.2, 0.25) is 0 Å². The molecule has 0 spiro atoms. The van der Waals surface area contributed by atoms with Crippen LogP contribution in [0.5, 0.6) is 0 Å². The molecule has 1 radical (unpaired) electrons. The van der Waals surface area contributed by atoms with Crippen LogP contribution in [0.4, 0.5) is 4.39 Å². The summed E-state index contributed by atoms with van der Waals surface area (Å²) >= 11 is 0. The third-order valence-corrected chi connectivity index (χ3v) is 2.90. The van der Waals surface area contributed by atoms with Crippen LogP contribution in [-0.4, -0.2) is 8.80 Å². The van der Waals surface area contributed by atoms with Crippen LogP contribution >= 0.6 is 0 Å². The number of halogens is 1. The summed E-state index contributed by atoms with van der Waals surface area (Å²) in [5.74, 6) is -0.0543. The highest BCUT2D eigenvalue weighted by Crippen LogP contribution is 1.94. The molecule has 0 atom stereocenters. The molecule has 0 bridgehead atoms. The van der Waals surface area contributed by atoms with Gasteiger partial charge in [-0.15, -0.1) is 0 Å². The van der Waals surface area contributed by atoms with Crippen LogP contribution in [0.25, 0.3) is 0 Å². The highest BCUT2D eigenvalue weighted by molar-refractivity contribution is 6.70. The van der Waals surface area contributed by atoms with Crippen molar-refractivity contribution in [2.45, 2.75) is 13.1 Å². The molecule has 0 saturated carbocycles. The van der Waals surface area contributed by atoms with E-state index >= 15 is 0 Å². The largest absolute Gasteiger partial charge is 0.207 e. The van der Waals surface area contributed by atoms with Crippen molar-refractivity contribution in [2.24, 2.45) is 0 Å². The molecule has 2 heteroatoms. The topological polar surface area (TPSA) is 0 Å². The maximum absolute atomic E-state index is 12.9. The van der Waals surface area contributed by atoms with Crippen LogP contribution in [0.15, 0.2) is 24.3 Å². The lowest BCUT2D eigenvalue weighted by Gasteiger charge is -2.02. The Kier molecular flexibility index (Phi) is 2.22. The van der Waals surface area contributed by atoms with Crippen molar-refractivity contribution in [1.29, 1.82) is 0 Å². The maximum atomic E-state index is 12.9. The number of benzene rings is 1. The van der Waals surface area contributed by atoms with Crippen LogP contribution in [0.2, 0.25) is 13.1 Å². The fourth-order valence-electron chi connectivity index (χ4n) is 0.867. The second kappa shape index (κ2) is 2.97. The van der Waals surface area contributed by atoms with E-state index in [4.69, 9.17) is 0 Å². The van der Waals surface area contributed by atoms with Gasteiger partial charge in [0.15, 0.2) is 0 Å². The summed E-state index contributed by atoms with van der Waals surface area (Å²) < 4.78 is 12.9. The van der Waals surface area contributed by atoms with Crippen molar-refractivity contribution in [3.63, 3.8) is 0 Å². The van der Waals surface area contributed by atoms with E-state index in [0.717, 1.165) is 5.19 Å². The van der Waals surface area contributed by atoms with E-state index in [1.54, 1.807) is 6.07 Å². The molecule has 1 aromatic carbocycles. The minimum absolute atomic E-state index is 0.0543. The average Bonchev–Trinajstić information content (AvgIpc) is 1.88. The lowest BCUT2D eigenvalue weighted by molar-refractivity contribution is 0.635. The Morgan fingerprint density at radius 1 is 1.20 bits per heavy atom. The average molecular weight is 153 g/mol. The molecule has 0 amide bonds. The molecule has 0 heterocycles. The molecule has 53 valence electrons. The van der Waals surface area contributed by atoms with Crippen LogP contribution in [-0.2, 0) is 0 Å². The highest BCUT2D eigenvalue weighted by atomic mass is 28.3. The van der Waals surface area contributed by atoms with Gasteiger partial charge in [0, 0.05) is 0 Å². The van der Waals surface area contributed by atoms with E-state index in [1.807, 2.05) is 12.1 Å². The zero-order valence-electron chi connectivity index (χ0n) is 6.19. The Morgan fingerprint density at radius 3 is 2.20 bits per heavy atom. The predicted molar refractivity (Wildman–Crippen MR) is 43.5 cm³/mol. The fourth-order valence-corrected chi connectivity index (χ4v) is 1.86. The number of hydrogen-bond donors (Lipinski definition) is 0. The summed E-state index contributed by atoms with van der Waals surface area (Å²) in [6, 6.07) is 7.00. The first-order valence-electron chi connectivity index (χ1n) is 3.27. The molecule has 0 aliphatic heterocycles. The number of hydrogen-bond acceptors (Lipinski definition) is 0. The molecule has 0 aliphatic carbocycles. The van der Waals surface area contributed by atoms with E-state index in [2.05, 4.69) is 13.1 Å². The normalized spacial score (nSPS) is 10.4. The SMILES string of the molecule is C[Si](C)c1ccccc1F. The molecule has 0 aromatic heterocycles. The van der Waals surface area contributed by atoms with Crippen LogP contribution < -0.4 is 5.19 Å². The fraction of sp³-hybridized carbons (Fsp3) is 0.250. The van der Waals surface area contributed by atoms with Crippen LogP contribution in [0.3, 0.4) is 0 Å². The number of rotatable bonds is 1. The maximum Gasteiger partial charge on any atom is 0.122 e. The third-order valence-electron chi connectivity index (χ3n) is 1.41. The minimum Gasteiger partial charge on any atom is -0.207 e.